The zero-order valence-corrected chi connectivity index (χ0v) is 23.9. The lowest BCUT2D eigenvalue weighted by molar-refractivity contribution is -0.156. The van der Waals surface area contributed by atoms with Gasteiger partial charge in [-0.15, -0.1) is 30.0 Å². The number of aliphatic hydroxyl groups excluding tert-OH is 1. The number of carbonyl (C=O) groups is 3. The van der Waals surface area contributed by atoms with Gasteiger partial charge in [-0.05, 0) is 44.7 Å². The van der Waals surface area contributed by atoms with E-state index in [1.54, 1.807) is 38.4 Å². The van der Waals surface area contributed by atoms with Gasteiger partial charge in [0.05, 0.1) is 41.4 Å². The zero-order valence-electron chi connectivity index (χ0n) is 23.1. The van der Waals surface area contributed by atoms with Crippen molar-refractivity contribution in [2.24, 2.45) is 11.8 Å². The molecule has 4 heterocycles. The number of ether oxygens (including phenoxy) is 1. The van der Waals surface area contributed by atoms with Gasteiger partial charge in [-0.1, -0.05) is 36.4 Å². The number of aromatic nitrogens is 3. The van der Waals surface area contributed by atoms with Gasteiger partial charge < -0.3 is 19.6 Å². The van der Waals surface area contributed by atoms with E-state index < -0.39 is 39.4 Å². The number of para-hydroxylation sites is 1. The third-order valence-electron chi connectivity index (χ3n) is 8.73. The maximum Gasteiger partial charge on any atom is 0.311 e. The van der Waals surface area contributed by atoms with Crippen LogP contribution in [-0.2, 0) is 25.8 Å². The molecule has 2 bridgehead atoms. The van der Waals surface area contributed by atoms with Crippen LogP contribution in [0, 0.1) is 11.8 Å². The van der Waals surface area contributed by atoms with E-state index in [1.807, 2.05) is 38.1 Å². The molecule has 2 aromatic rings. The highest BCUT2D eigenvalue weighted by Gasteiger charge is 2.78. The molecule has 1 N–H and O–H groups in total. The van der Waals surface area contributed by atoms with Crippen molar-refractivity contribution >= 4 is 40.6 Å². The summed E-state index contributed by atoms with van der Waals surface area (Å²) in [6.45, 7) is 11.7. The number of likely N-dealkylation sites (tertiary alicyclic amines) is 1. The van der Waals surface area contributed by atoms with Gasteiger partial charge in [0, 0.05) is 11.3 Å². The minimum Gasteiger partial charge on any atom is -0.465 e. The van der Waals surface area contributed by atoms with E-state index in [0.29, 0.717) is 31.2 Å². The summed E-state index contributed by atoms with van der Waals surface area (Å²) < 4.78 is 5.94. The molecule has 1 aromatic carbocycles. The Hall–Kier alpha value is -3.18. The second kappa shape index (κ2) is 11.0. The van der Waals surface area contributed by atoms with Crippen LogP contribution in [0.3, 0.4) is 0 Å². The number of benzene rings is 1. The number of esters is 1. The molecule has 3 fully saturated rings. The van der Waals surface area contributed by atoms with Crippen LogP contribution in [0.15, 0.2) is 49.6 Å². The van der Waals surface area contributed by atoms with Crippen molar-refractivity contribution in [2.45, 2.75) is 67.8 Å². The standard InChI is InChI=1S/C29H37N5O5S/c1-5-8-16-39-27(38)23-22-25(36)34(19(7-3)17-35)24(29(22)14-13-28(23,4)40-29)26(37)32(15-6-2)18-33-21-12-10-9-11-20(21)30-31-33/h5-6,9-12,19,22-24,35H,1-2,7-8,13-18H2,3-4H3/t19-,22-,23-,24?,28+,29?/m0/s1. The number of carbonyl (C=O) groups excluding carboxylic acids is 3. The van der Waals surface area contributed by atoms with Gasteiger partial charge >= 0.3 is 5.97 Å². The molecule has 10 nitrogen and oxygen atoms in total. The second-order valence-electron chi connectivity index (χ2n) is 11.0. The van der Waals surface area contributed by atoms with Crippen LogP contribution < -0.4 is 0 Å². The first-order valence-electron chi connectivity index (χ1n) is 13.8. The summed E-state index contributed by atoms with van der Waals surface area (Å²) in [4.78, 5) is 45.5. The van der Waals surface area contributed by atoms with E-state index in [4.69, 9.17) is 4.74 Å². The number of hydrogen-bond donors (Lipinski definition) is 1. The molecule has 6 atom stereocenters. The van der Waals surface area contributed by atoms with Crippen molar-refractivity contribution < 1.29 is 24.2 Å². The molecule has 0 radical (unpaired) electrons. The number of fused-ring (bicyclic) bond motifs is 2. The van der Waals surface area contributed by atoms with Crippen LogP contribution in [-0.4, -0.2) is 89.0 Å². The number of rotatable bonds is 12. The Morgan fingerprint density at radius 3 is 2.77 bits per heavy atom. The summed E-state index contributed by atoms with van der Waals surface area (Å²) in [5.74, 6) is -2.30. The minimum absolute atomic E-state index is 0.121. The molecule has 1 aromatic heterocycles. The normalized spacial score (nSPS) is 29.4. The molecule has 2 unspecified atom stereocenters. The maximum atomic E-state index is 14.6. The first kappa shape index (κ1) is 28.4. The molecular weight excluding hydrogens is 530 g/mol. The van der Waals surface area contributed by atoms with Gasteiger partial charge in [0.15, 0.2) is 0 Å². The van der Waals surface area contributed by atoms with E-state index in [0.717, 1.165) is 5.52 Å². The monoisotopic (exact) mass is 567 g/mol. The van der Waals surface area contributed by atoms with E-state index in [2.05, 4.69) is 23.5 Å². The van der Waals surface area contributed by atoms with Gasteiger partial charge in [-0.3, -0.25) is 14.4 Å². The molecule has 2 amide bonds. The zero-order chi connectivity index (χ0) is 28.7. The van der Waals surface area contributed by atoms with Crippen LogP contribution >= 0.6 is 11.8 Å². The quantitative estimate of drug-likeness (QED) is 0.236. The van der Waals surface area contributed by atoms with Crippen molar-refractivity contribution in [3.8, 4) is 0 Å². The van der Waals surface area contributed by atoms with E-state index in [-0.39, 0.29) is 38.2 Å². The third-order valence-corrected chi connectivity index (χ3v) is 10.7. The highest BCUT2D eigenvalue weighted by atomic mass is 32.2. The van der Waals surface area contributed by atoms with Crippen molar-refractivity contribution in [2.75, 3.05) is 19.8 Å². The molecule has 1 spiro atoms. The van der Waals surface area contributed by atoms with Crippen molar-refractivity contribution in [1.82, 2.24) is 24.8 Å². The molecule has 3 aliphatic rings. The lowest BCUT2D eigenvalue weighted by Crippen LogP contribution is -2.57. The van der Waals surface area contributed by atoms with Crippen molar-refractivity contribution in [3.63, 3.8) is 0 Å². The number of hydrogen-bond acceptors (Lipinski definition) is 8. The first-order valence-corrected chi connectivity index (χ1v) is 14.7. The molecule has 3 saturated heterocycles. The molecule has 214 valence electrons. The Morgan fingerprint density at radius 1 is 1.30 bits per heavy atom. The molecule has 0 aliphatic carbocycles. The number of aliphatic hydroxyl groups is 1. The Labute approximate surface area is 238 Å². The first-order chi connectivity index (χ1) is 19.3. The second-order valence-corrected chi connectivity index (χ2v) is 12.9. The predicted molar refractivity (Wildman–Crippen MR) is 152 cm³/mol. The number of amides is 2. The summed E-state index contributed by atoms with van der Waals surface area (Å²) in [5.41, 5.74) is 1.50. The highest BCUT2D eigenvalue weighted by molar-refractivity contribution is 8.02. The van der Waals surface area contributed by atoms with Gasteiger partial charge in [0.2, 0.25) is 11.8 Å². The maximum absolute atomic E-state index is 14.6. The molecule has 11 heteroatoms. The van der Waals surface area contributed by atoms with Crippen molar-refractivity contribution in [1.29, 1.82) is 0 Å². The molecule has 40 heavy (non-hydrogen) atoms. The van der Waals surface area contributed by atoms with Gasteiger partial charge in [-0.25, -0.2) is 4.68 Å². The summed E-state index contributed by atoms with van der Waals surface area (Å²) in [6, 6.07) is 6.11. The minimum atomic E-state index is -0.852. The molecular formula is C29H37N5O5S. The van der Waals surface area contributed by atoms with E-state index >= 15 is 0 Å². The summed E-state index contributed by atoms with van der Waals surface area (Å²) in [5, 5.41) is 18.8. The van der Waals surface area contributed by atoms with Crippen LogP contribution in [0.2, 0.25) is 0 Å². The Morgan fingerprint density at radius 2 is 2.08 bits per heavy atom. The smallest absolute Gasteiger partial charge is 0.311 e. The fourth-order valence-corrected chi connectivity index (χ4v) is 9.20. The Kier molecular flexibility index (Phi) is 7.80. The van der Waals surface area contributed by atoms with Gasteiger partial charge in [0.1, 0.15) is 18.2 Å². The molecule has 0 saturated carbocycles. The van der Waals surface area contributed by atoms with Gasteiger partial charge in [-0.2, -0.15) is 0 Å². The van der Waals surface area contributed by atoms with Crippen molar-refractivity contribution in [3.05, 3.63) is 49.6 Å². The summed E-state index contributed by atoms with van der Waals surface area (Å²) in [7, 11) is 0. The predicted octanol–water partition coefficient (Wildman–Crippen LogP) is 2.77. The van der Waals surface area contributed by atoms with Crippen LogP contribution in [0.1, 0.15) is 39.5 Å². The van der Waals surface area contributed by atoms with E-state index in [9.17, 15) is 19.5 Å². The average Bonchev–Trinajstić information content (AvgIpc) is 3.65. The SMILES string of the molecule is C=CCCOC(=O)[C@@H]1[C@H]2C(=O)N([C@@H](CC)CO)C(C(=O)N(CC=C)Cn3nnc4ccccc43)C23CC[C@@]1(C)S3. The summed E-state index contributed by atoms with van der Waals surface area (Å²) in [6.07, 6.45) is 5.63. The number of nitrogens with zero attached hydrogens (tertiary/aromatic N) is 5. The van der Waals surface area contributed by atoms with Crippen LogP contribution in [0.5, 0.6) is 0 Å². The summed E-state index contributed by atoms with van der Waals surface area (Å²) >= 11 is 1.58. The fraction of sp³-hybridized carbons (Fsp3) is 0.552. The van der Waals surface area contributed by atoms with Crippen LogP contribution in [0.25, 0.3) is 11.0 Å². The van der Waals surface area contributed by atoms with E-state index in [1.165, 1.54) is 0 Å². The molecule has 3 aliphatic heterocycles. The number of thioether (sulfide) groups is 1. The molecule has 5 rings (SSSR count). The fourth-order valence-electron chi connectivity index (χ4n) is 6.87. The lowest BCUT2D eigenvalue weighted by Gasteiger charge is -2.39. The largest absolute Gasteiger partial charge is 0.465 e. The van der Waals surface area contributed by atoms with Gasteiger partial charge in [0.25, 0.3) is 0 Å². The lowest BCUT2D eigenvalue weighted by atomic mass is 9.66. The average molecular weight is 568 g/mol. The Balaban J connectivity index is 1.54. The van der Waals surface area contributed by atoms with Crippen LogP contribution in [0.4, 0.5) is 0 Å². The third kappa shape index (κ3) is 4.34. The Bertz CT molecular complexity index is 1330. The highest BCUT2D eigenvalue weighted by Crippen LogP contribution is 2.71. The topological polar surface area (TPSA) is 118 Å².